The fraction of sp³-hybridized carbons (Fsp3) is 0.333. The van der Waals surface area contributed by atoms with Crippen LogP contribution in [0.25, 0.3) is 20.4 Å². The Balaban J connectivity index is 1.65. The highest BCUT2D eigenvalue weighted by atomic mass is 32.1. The van der Waals surface area contributed by atoms with Gasteiger partial charge in [-0.1, -0.05) is 44.2 Å². The van der Waals surface area contributed by atoms with Gasteiger partial charge in [-0.05, 0) is 29.2 Å². The van der Waals surface area contributed by atoms with Crippen LogP contribution in [0.5, 0.6) is 0 Å². The van der Waals surface area contributed by atoms with Crippen LogP contribution in [0, 0.1) is 11.6 Å². The first-order valence-corrected chi connectivity index (χ1v) is 10.9. The summed E-state index contributed by atoms with van der Waals surface area (Å²) in [5.74, 6) is -0.0620. The molecular formula is C21H21F2N3S2. The molecule has 1 unspecified atom stereocenters. The van der Waals surface area contributed by atoms with Crippen LogP contribution in [0.1, 0.15) is 43.7 Å². The minimum absolute atomic E-state index is 0.122. The summed E-state index contributed by atoms with van der Waals surface area (Å²) in [6.07, 6.45) is 0. The zero-order valence-electron chi connectivity index (χ0n) is 16.2. The summed E-state index contributed by atoms with van der Waals surface area (Å²) in [6.45, 7) is 6.95. The van der Waals surface area contributed by atoms with E-state index in [9.17, 15) is 8.78 Å². The Labute approximate surface area is 170 Å². The molecule has 28 heavy (non-hydrogen) atoms. The number of benzene rings is 2. The van der Waals surface area contributed by atoms with Gasteiger partial charge in [0.2, 0.25) is 0 Å². The maximum absolute atomic E-state index is 14.3. The van der Waals surface area contributed by atoms with E-state index in [0.29, 0.717) is 15.9 Å². The first-order valence-electron chi connectivity index (χ1n) is 9.18. The minimum Gasteiger partial charge on any atom is -0.351 e. The maximum Gasteiger partial charge on any atom is 0.186 e. The summed E-state index contributed by atoms with van der Waals surface area (Å²) in [7, 11) is 1.96. The van der Waals surface area contributed by atoms with Crippen LogP contribution < -0.4 is 4.90 Å². The SMILES string of the molecule is CC(C)c1ccc(F)c2sc(N(C)CC(C)c3ccc(F)c4scnc34)nc12. The summed E-state index contributed by atoms with van der Waals surface area (Å²) in [5.41, 5.74) is 5.22. The van der Waals surface area contributed by atoms with Crippen LogP contribution in [-0.2, 0) is 0 Å². The molecule has 0 N–H and O–H groups in total. The number of aromatic nitrogens is 2. The van der Waals surface area contributed by atoms with E-state index in [2.05, 4.69) is 25.8 Å². The van der Waals surface area contributed by atoms with Gasteiger partial charge in [-0.2, -0.15) is 0 Å². The van der Waals surface area contributed by atoms with E-state index < -0.39 is 0 Å². The van der Waals surface area contributed by atoms with Crippen molar-refractivity contribution in [2.75, 3.05) is 18.5 Å². The van der Waals surface area contributed by atoms with Gasteiger partial charge >= 0.3 is 0 Å². The number of rotatable bonds is 5. The summed E-state index contributed by atoms with van der Waals surface area (Å²) in [5, 5.41) is 0.783. The molecule has 0 aliphatic rings. The van der Waals surface area contributed by atoms with E-state index >= 15 is 0 Å². The fourth-order valence-corrected chi connectivity index (χ4v) is 5.24. The third-order valence-electron chi connectivity index (χ3n) is 5.01. The minimum atomic E-state index is -0.232. The van der Waals surface area contributed by atoms with Crippen molar-refractivity contribution in [2.45, 2.75) is 32.6 Å². The van der Waals surface area contributed by atoms with Crippen LogP contribution in [-0.4, -0.2) is 23.6 Å². The predicted octanol–water partition coefficient (Wildman–Crippen LogP) is 6.55. The predicted molar refractivity (Wildman–Crippen MR) is 115 cm³/mol. The van der Waals surface area contributed by atoms with Gasteiger partial charge in [0.15, 0.2) is 5.13 Å². The van der Waals surface area contributed by atoms with Gasteiger partial charge in [-0.3, -0.25) is 0 Å². The van der Waals surface area contributed by atoms with Gasteiger partial charge in [0.1, 0.15) is 11.6 Å². The van der Waals surface area contributed by atoms with Gasteiger partial charge in [0, 0.05) is 19.5 Å². The van der Waals surface area contributed by atoms with E-state index in [-0.39, 0.29) is 23.5 Å². The summed E-state index contributed by atoms with van der Waals surface area (Å²) >= 11 is 2.69. The normalized spacial score (nSPS) is 13.0. The molecule has 0 aliphatic carbocycles. The van der Waals surface area contributed by atoms with Crippen molar-refractivity contribution in [3.05, 3.63) is 52.5 Å². The molecule has 4 rings (SSSR count). The lowest BCUT2D eigenvalue weighted by Gasteiger charge is -2.21. The van der Waals surface area contributed by atoms with Gasteiger partial charge in [-0.15, -0.1) is 11.3 Å². The van der Waals surface area contributed by atoms with Gasteiger partial charge in [-0.25, -0.2) is 18.7 Å². The third kappa shape index (κ3) is 3.26. The Morgan fingerprint density at radius 2 is 1.64 bits per heavy atom. The summed E-state index contributed by atoms with van der Waals surface area (Å²) < 4.78 is 29.5. The number of likely N-dealkylation sites (N-methyl/N-ethyl adjacent to an activating group) is 1. The Morgan fingerprint density at radius 3 is 2.36 bits per heavy atom. The van der Waals surface area contributed by atoms with Gasteiger partial charge in [0.25, 0.3) is 0 Å². The highest BCUT2D eigenvalue weighted by molar-refractivity contribution is 7.22. The monoisotopic (exact) mass is 417 g/mol. The topological polar surface area (TPSA) is 29.0 Å². The molecule has 2 aromatic carbocycles. The molecule has 0 aliphatic heterocycles. The lowest BCUT2D eigenvalue weighted by atomic mass is 9.99. The molecule has 2 heterocycles. The summed E-state index contributed by atoms with van der Waals surface area (Å²) in [4.78, 5) is 11.1. The van der Waals surface area contributed by atoms with Crippen molar-refractivity contribution in [3.63, 3.8) is 0 Å². The number of thiazole rings is 2. The second-order valence-electron chi connectivity index (χ2n) is 7.41. The van der Waals surface area contributed by atoms with Gasteiger partial charge < -0.3 is 4.90 Å². The molecule has 2 aromatic heterocycles. The molecule has 0 fully saturated rings. The van der Waals surface area contributed by atoms with Gasteiger partial charge in [0.05, 0.1) is 25.9 Å². The average molecular weight is 418 g/mol. The summed E-state index contributed by atoms with van der Waals surface area (Å²) in [6, 6.07) is 6.67. The molecule has 0 saturated carbocycles. The van der Waals surface area contributed by atoms with Crippen LogP contribution in [0.2, 0.25) is 0 Å². The standard InChI is InChI=1S/C21H21F2N3S2/c1-11(2)13-5-7-16(23)20-18(13)25-21(28-20)26(4)9-12(3)14-6-8-15(22)19-17(14)24-10-27-19/h5-8,10-12H,9H2,1-4H3. The van der Waals surface area contributed by atoms with E-state index in [4.69, 9.17) is 4.98 Å². The van der Waals surface area contributed by atoms with Crippen molar-refractivity contribution >= 4 is 48.2 Å². The molecule has 146 valence electrons. The molecule has 0 radical (unpaired) electrons. The quantitative estimate of drug-likeness (QED) is 0.369. The zero-order valence-corrected chi connectivity index (χ0v) is 17.8. The fourth-order valence-electron chi connectivity index (χ4n) is 3.54. The largest absolute Gasteiger partial charge is 0.351 e. The number of hydrogen-bond donors (Lipinski definition) is 0. The molecule has 7 heteroatoms. The molecule has 1 atom stereocenters. The maximum atomic E-state index is 14.3. The van der Waals surface area contributed by atoms with Crippen molar-refractivity contribution in [1.82, 2.24) is 9.97 Å². The molecule has 0 bridgehead atoms. The van der Waals surface area contributed by atoms with Crippen LogP contribution >= 0.6 is 22.7 Å². The number of hydrogen-bond acceptors (Lipinski definition) is 5. The van der Waals surface area contributed by atoms with Crippen LogP contribution in [0.15, 0.2) is 29.8 Å². The Hall–Kier alpha value is -2.12. The first-order chi connectivity index (χ1) is 13.4. The molecule has 0 amide bonds. The highest BCUT2D eigenvalue weighted by Gasteiger charge is 2.20. The van der Waals surface area contributed by atoms with E-state index in [1.165, 1.54) is 34.8 Å². The van der Waals surface area contributed by atoms with Crippen molar-refractivity contribution in [1.29, 1.82) is 0 Å². The highest BCUT2D eigenvalue weighted by Crippen LogP contribution is 2.36. The van der Waals surface area contributed by atoms with E-state index in [0.717, 1.165) is 27.3 Å². The van der Waals surface area contributed by atoms with Crippen molar-refractivity contribution < 1.29 is 8.78 Å². The van der Waals surface area contributed by atoms with Crippen LogP contribution in [0.4, 0.5) is 13.9 Å². The Bertz CT molecular complexity index is 1150. The van der Waals surface area contributed by atoms with Crippen molar-refractivity contribution in [3.8, 4) is 0 Å². The Morgan fingerprint density at radius 1 is 0.964 bits per heavy atom. The lowest BCUT2D eigenvalue weighted by molar-refractivity contribution is 0.639. The Kier molecular flexibility index (Phi) is 5.05. The molecule has 3 nitrogen and oxygen atoms in total. The third-order valence-corrected chi connectivity index (χ3v) is 7.02. The lowest BCUT2D eigenvalue weighted by Crippen LogP contribution is -2.23. The number of fused-ring (bicyclic) bond motifs is 2. The number of anilines is 1. The second kappa shape index (κ2) is 7.37. The number of halogens is 2. The average Bonchev–Trinajstić information content (AvgIpc) is 3.30. The van der Waals surface area contributed by atoms with Crippen molar-refractivity contribution in [2.24, 2.45) is 0 Å². The first kappa shape index (κ1) is 19.2. The molecule has 4 aromatic rings. The molecule has 0 saturated heterocycles. The van der Waals surface area contributed by atoms with Crippen LogP contribution in [0.3, 0.4) is 0 Å². The van der Waals surface area contributed by atoms with E-state index in [1.54, 1.807) is 5.51 Å². The smallest absolute Gasteiger partial charge is 0.186 e. The molecule has 0 spiro atoms. The second-order valence-corrected chi connectivity index (χ2v) is 9.25. The van der Waals surface area contributed by atoms with E-state index in [1.807, 2.05) is 24.1 Å². The zero-order chi connectivity index (χ0) is 20.0. The number of nitrogens with zero attached hydrogens (tertiary/aromatic N) is 3. The molecular weight excluding hydrogens is 396 g/mol.